The first-order valence-electron chi connectivity index (χ1n) is 11.6. The first-order chi connectivity index (χ1) is 16.7. The van der Waals surface area contributed by atoms with Crippen molar-refractivity contribution in [1.29, 1.82) is 5.26 Å². The summed E-state index contributed by atoms with van der Waals surface area (Å²) in [6, 6.07) is 13.2. The van der Waals surface area contributed by atoms with Gasteiger partial charge in [0.05, 0.1) is 0 Å². The van der Waals surface area contributed by atoms with Crippen molar-refractivity contribution in [2.24, 2.45) is 0 Å². The smallest absolute Gasteiger partial charge is 0.408 e. The summed E-state index contributed by atoms with van der Waals surface area (Å²) in [5, 5.41) is 14.4. The molecule has 0 aliphatic carbocycles. The second-order valence-electron chi connectivity index (χ2n) is 9.46. The Hall–Kier alpha value is -3.93. The van der Waals surface area contributed by atoms with Gasteiger partial charge >= 0.3 is 6.09 Å². The van der Waals surface area contributed by atoms with Crippen LogP contribution in [-0.2, 0) is 27.3 Å². The third-order valence-corrected chi connectivity index (χ3v) is 5.52. The van der Waals surface area contributed by atoms with Gasteiger partial charge in [-0.05, 0) is 50.8 Å². The molecule has 1 aromatic carbocycles. The van der Waals surface area contributed by atoms with Crippen molar-refractivity contribution in [3.63, 3.8) is 0 Å². The second kappa shape index (κ2) is 11.5. The molecule has 2 heterocycles. The van der Waals surface area contributed by atoms with E-state index < -0.39 is 23.8 Å². The molecule has 1 fully saturated rings. The number of aromatic nitrogens is 1. The molecule has 1 aliphatic rings. The minimum atomic E-state index is -0.872. The van der Waals surface area contributed by atoms with Crippen LogP contribution < -0.4 is 10.6 Å². The van der Waals surface area contributed by atoms with E-state index in [1.807, 2.05) is 36.4 Å². The van der Waals surface area contributed by atoms with E-state index in [4.69, 9.17) is 10.00 Å². The Morgan fingerprint density at radius 1 is 1.17 bits per heavy atom. The molecule has 35 heavy (non-hydrogen) atoms. The fraction of sp³-hybridized carbons (Fsp3) is 0.423. The summed E-state index contributed by atoms with van der Waals surface area (Å²) in [6.07, 6.45) is 2.36. The quantitative estimate of drug-likeness (QED) is 0.632. The highest BCUT2D eigenvalue weighted by atomic mass is 16.6. The van der Waals surface area contributed by atoms with Crippen molar-refractivity contribution in [2.45, 2.75) is 64.3 Å². The first kappa shape index (κ1) is 25.7. The van der Waals surface area contributed by atoms with Crippen LogP contribution in [0.2, 0.25) is 0 Å². The molecular formula is C26H31N5O4. The Kier molecular flexibility index (Phi) is 8.42. The third-order valence-electron chi connectivity index (χ3n) is 5.52. The van der Waals surface area contributed by atoms with Crippen molar-refractivity contribution in [1.82, 2.24) is 20.5 Å². The minimum Gasteiger partial charge on any atom is -0.444 e. The maximum absolute atomic E-state index is 13.5. The molecule has 2 N–H and O–H groups in total. The monoisotopic (exact) mass is 477 g/mol. The molecule has 9 nitrogen and oxygen atoms in total. The molecule has 0 spiro atoms. The van der Waals surface area contributed by atoms with Crippen LogP contribution in [0.5, 0.6) is 0 Å². The van der Waals surface area contributed by atoms with Crippen LogP contribution in [0.1, 0.15) is 50.4 Å². The van der Waals surface area contributed by atoms with Crippen LogP contribution >= 0.6 is 0 Å². The van der Waals surface area contributed by atoms with Crippen LogP contribution in [0, 0.1) is 11.3 Å². The summed E-state index contributed by atoms with van der Waals surface area (Å²) in [5.41, 5.74) is 1.23. The predicted octanol–water partition coefficient (Wildman–Crippen LogP) is 2.70. The highest BCUT2D eigenvalue weighted by Crippen LogP contribution is 2.20. The van der Waals surface area contributed by atoms with Crippen LogP contribution in [0.3, 0.4) is 0 Å². The van der Waals surface area contributed by atoms with E-state index in [0.29, 0.717) is 25.1 Å². The van der Waals surface area contributed by atoms with E-state index in [2.05, 4.69) is 15.6 Å². The van der Waals surface area contributed by atoms with E-state index in [1.165, 1.54) is 11.1 Å². The lowest BCUT2D eigenvalue weighted by Gasteiger charge is -2.29. The highest BCUT2D eigenvalue weighted by Gasteiger charge is 2.38. The number of likely N-dealkylation sites (tertiary alicyclic amines) is 1. The zero-order valence-corrected chi connectivity index (χ0v) is 20.3. The summed E-state index contributed by atoms with van der Waals surface area (Å²) < 4.78 is 5.37. The lowest BCUT2D eigenvalue weighted by molar-refractivity contribution is -0.140. The average Bonchev–Trinajstić information content (AvgIpc) is 3.31. The standard InChI is InChI=1S/C26H31N5O4/c1-26(2,3)35-25(34)30-21(14-18-8-5-4-6-9-18)24(33)31-13-7-10-22(31)23(32)29-17-19-11-12-20(15-27)28-16-19/h4-6,8-9,11-12,16,21-22H,7,10,13-14,17H2,1-3H3,(H,29,32)(H,30,34)/t21-,22+/m1/s1. The number of amides is 3. The number of benzene rings is 1. The zero-order chi connectivity index (χ0) is 25.4. The summed E-state index contributed by atoms with van der Waals surface area (Å²) in [5.74, 6) is -0.589. The van der Waals surface area contributed by atoms with Gasteiger partial charge in [-0.1, -0.05) is 36.4 Å². The molecule has 1 aromatic heterocycles. The number of rotatable bonds is 7. The highest BCUT2D eigenvalue weighted by molar-refractivity contribution is 5.92. The van der Waals surface area contributed by atoms with Crippen LogP contribution in [-0.4, -0.2) is 52.0 Å². The average molecular weight is 478 g/mol. The number of carbonyl (C=O) groups is 3. The van der Waals surface area contributed by atoms with Gasteiger partial charge in [0.15, 0.2) is 0 Å². The van der Waals surface area contributed by atoms with Gasteiger partial charge in [-0.3, -0.25) is 9.59 Å². The van der Waals surface area contributed by atoms with Crippen LogP contribution in [0.15, 0.2) is 48.7 Å². The molecule has 1 saturated heterocycles. The maximum Gasteiger partial charge on any atom is 0.408 e. The lowest BCUT2D eigenvalue weighted by atomic mass is 10.0. The van der Waals surface area contributed by atoms with E-state index in [0.717, 1.165) is 11.1 Å². The maximum atomic E-state index is 13.5. The molecule has 0 unspecified atom stereocenters. The molecule has 0 saturated carbocycles. The molecule has 3 amide bonds. The SMILES string of the molecule is CC(C)(C)OC(=O)N[C@H](Cc1ccccc1)C(=O)N1CCC[C@H]1C(=O)NCc1ccc(C#N)nc1. The lowest BCUT2D eigenvalue weighted by Crippen LogP contribution is -2.54. The summed E-state index contributed by atoms with van der Waals surface area (Å²) in [6.45, 7) is 5.93. The Morgan fingerprint density at radius 2 is 1.91 bits per heavy atom. The van der Waals surface area contributed by atoms with Gasteiger partial charge < -0.3 is 20.3 Å². The zero-order valence-electron chi connectivity index (χ0n) is 20.3. The topological polar surface area (TPSA) is 124 Å². The minimum absolute atomic E-state index is 0.236. The number of hydrogen-bond donors (Lipinski definition) is 2. The number of pyridine rings is 1. The van der Waals surface area contributed by atoms with E-state index in [-0.39, 0.29) is 24.8 Å². The number of nitrogens with zero attached hydrogens (tertiary/aromatic N) is 3. The summed E-state index contributed by atoms with van der Waals surface area (Å²) in [4.78, 5) is 44.5. The molecule has 1 aliphatic heterocycles. The Labute approximate surface area is 205 Å². The van der Waals surface area contributed by atoms with Crippen molar-refractivity contribution < 1.29 is 19.1 Å². The third kappa shape index (κ3) is 7.54. The summed E-state index contributed by atoms with van der Waals surface area (Å²) in [7, 11) is 0. The number of alkyl carbamates (subject to hydrolysis) is 1. The van der Waals surface area contributed by atoms with Gasteiger partial charge in [0.1, 0.15) is 29.4 Å². The van der Waals surface area contributed by atoms with Crippen molar-refractivity contribution >= 4 is 17.9 Å². The molecule has 0 bridgehead atoms. The molecular weight excluding hydrogens is 446 g/mol. The molecule has 184 valence electrons. The normalized spacial score (nSPS) is 16.2. The number of nitrogens with one attached hydrogen (secondary N) is 2. The van der Waals surface area contributed by atoms with E-state index >= 15 is 0 Å². The number of ether oxygens (including phenoxy) is 1. The summed E-state index contributed by atoms with van der Waals surface area (Å²) >= 11 is 0. The van der Waals surface area contributed by atoms with Gasteiger partial charge in [0, 0.05) is 25.7 Å². The van der Waals surface area contributed by atoms with Gasteiger partial charge in [-0.25, -0.2) is 9.78 Å². The molecule has 3 rings (SSSR count). The molecule has 0 radical (unpaired) electrons. The van der Waals surface area contributed by atoms with Gasteiger partial charge in [0.2, 0.25) is 11.8 Å². The Bertz CT molecular complexity index is 1070. The van der Waals surface area contributed by atoms with E-state index in [1.54, 1.807) is 32.9 Å². The number of nitriles is 1. The van der Waals surface area contributed by atoms with E-state index in [9.17, 15) is 14.4 Å². The molecule has 2 atom stereocenters. The Morgan fingerprint density at radius 3 is 2.54 bits per heavy atom. The first-order valence-corrected chi connectivity index (χ1v) is 11.6. The van der Waals surface area contributed by atoms with Gasteiger partial charge in [0.25, 0.3) is 0 Å². The molecule has 2 aromatic rings. The molecule has 9 heteroatoms. The van der Waals surface area contributed by atoms with Gasteiger partial charge in [-0.15, -0.1) is 0 Å². The largest absolute Gasteiger partial charge is 0.444 e. The van der Waals surface area contributed by atoms with Crippen molar-refractivity contribution in [3.05, 3.63) is 65.5 Å². The van der Waals surface area contributed by atoms with Crippen molar-refractivity contribution in [2.75, 3.05) is 6.54 Å². The second-order valence-corrected chi connectivity index (χ2v) is 9.46. The number of hydrogen-bond acceptors (Lipinski definition) is 6. The number of carbonyl (C=O) groups excluding carboxylic acids is 3. The Balaban J connectivity index is 1.69. The fourth-order valence-corrected chi connectivity index (χ4v) is 3.91. The van der Waals surface area contributed by atoms with Crippen molar-refractivity contribution in [3.8, 4) is 6.07 Å². The van der Waals surface area contributed by atoms with Gasteiger partial charge in [-0.2, -0.15) is 5.26 Å². The predicted molar refractivity (Wildman–Crippen MR) is 129 cm³/mol. The fourth-order valence-electron chi connectivity index (χ4n) is 3.91. The van der Waals surface area contributed by atoms with Crippen LogP contribution in [0.4, 0.5) is 4.79 Å². The van der Waals surface area contributed by atoms with Crippen LogP contribution in [0.25, 0.3) is 0 Å².